The summed E-state index contributed by atoms with van der Waals surface area (Å²) in [4.78, 5) is 10.6. The van der Waals surface area contributed by atoms with E-state index in [1.165, 1.54) is 12.1 Å². The highest BCUT2D eigenvalue weighted by Crippen LogP contribution is 2.14. The van der Waals surface area contributed by atoms with Crippen LogP contribution in [0.25, 0.3) is 0 Å². The van der Waals surface area contributed by atoms with Gasteiger partial charge in [-0.1, -0.05) is 0 Å². The first-order valence-electron chi connectivity index (χ1n) is 5.67. The van der Waals surface area contributed by atoms with Gasteiger partial charge >= 0.3 is 0 Å². The molecule has 1 aromatic rings. The van der Waals surface area contributed by atoms with E-state index < -0.39 is 15.7 Å². The second kappa shape index (κ2) is 6.06. The van der Waals surface area contributed by atoms with E-state index >= 15 is 0 Å². The van der Waals surface area contributed by atoms with E-state index in [9.17, 15) is 14.3 Å². The van der Waals surface area contributed by atoms with Gasteiger partial charge in [0.2, 0.25) is 0 Å². The van der Waals surface area contributed by atoms with Crippen molar-refractivity contribution < 1.29 is 9.13 Å². The van der Waals surface area contributed by atoms with E-state index in [1.54, 1.807) is 12.1 Å². The fraction of sp³-hybridized carbons (Fsp3) is 0.500. The van der Waals surface area contributed by atoms with Crippen molar-refractivity contribution in [1.82, 2.24) is 5.32 Å². The average molecular weight is 270 g/mol. The molecular weight excluding hydrogens is 252 g/mol. The smallest absolute Gasteiger partial charge is 0.269 e. The van der Waals surface area contributed by atoms with Gasteiger partial charge < -0.3 is 5.32 Å². The number of nitrogens with zero attached hydrogens (tertiary/aromatic N) is 1. The summed E-state index contributed by atoms with van der Waals surface area (Å²) in [5.41, 5.74) is 0.0169. The Bertz CT molecular complexity index is 438. The third-order valence-corrected chi connectivity index (χ3v) is 3.63. The molecule has 100 valence electrons. The molecule has 0 aliphatic carbocycles. The van der Waals surface area contributed by atoms with Gasteiger partial charge in [-0.2, -0.15) is 0 Å². The molecule has 0 fully saturated rings. The Balaban J connectivity index is 2.54. The van der Waals surface area contributed by atoms with Gasteiger partial charge in [0.1, 0.15) is 0 Å². The van der Waals surface area contributed by atoms with Gasteiger partial charge in [0.05, 0.1) is 15.7 Å². The summed E-state index contributed by atoms with van der Waals surface area (Å²) in [6.07, 6.45) is 0. The molecule has 0 aromatic heterocycles. The zero-order valence-corrected chi connectivity index (χ0v) is 11.6. The van der Waals surface area contributed by atoms with E-state index in [4.69, 9.17) is 0 Å². The van der Waals surface area contributed by atoms with Crippen LogP contribution in [-0.2, 0) is 10.8 Å². The van der Waals surface area contributed by atoms with Gasteiger partial charge in [0.15, 0.2) is 0 Å². The van der Waals surface area contributed by atoms with Crippen molar-refractivity contribution >= 4 is 16.5 Å². The number of hydrogen-bond donors (Lipinski definition) is 1. The van der Waals surface area contributed by atoms with Gasteiger partial charge in [-0.3, -0.25) is 14.3 Å². The Morgan fingerprint density at radius 1 is 1.28 bits per heavy atom. The molecule has 1 aromatic carbocycles. The molecule has 1 N–H and O–H groups in total. The standard InChI is InChI=1S/C12H18N2O3S/c1-12(2,3)13-8-9-18(17)11-6-4-10(5-7-11)14(15)16/h4-7,13H,8-9H2,1-3H3. The predicted octanol–water partition coefficient (Wildman–Crippen LogP) is 2.09. The Kier molecular flexibility index (Phi) is 4.98. The molecule has 6 heteroatoms. The maximum Gasteiger partial charge on any atom is 0.269 e. The van der Waals surface area contributed by atoms with Crippen LogP contribution >= 0.6 is 0 Å². The topological polar surface area (TPSA) is 72.2 Å². The fourth-order valence-corrected chi connectivity index (χ4v) is 2.32. The molecule has 18 heavy (non-hydrogen) atoms. The van der Waals surface area contributed by atoms with Crippen LogP contribution in [0, 0.1) is 10.1 Å². The Hall–Kier alpha value is -1.27. The summed E-state index contributed by atoms with van der Waals surface area (Å²) in [5.74, 6) is 0.495. The first kappa shape index (κ1) is 14.8. The minimum atomic E-state index is -1.12. The summed E-state index contributed by atoms with van der Waals surface area (Å²) in [5, 5.41) is 13.7. The van der Waals surface area contributed by atoms with E-state index in [0.717, 1.165) is 0 Å². The lowest BCUT2D eigenvalue weighted by Gasteiger charge is -2.20. The minimum absolute atomic E-state index is 0.000323. The van der Waals surface area contributed by atoms with Gasteiger partial charge in [0, 0.05) is 34.9 Å². The number of benzene rings is 1. The van der Waals surface area contributed by atoms with Crippen LogP contribution in [-0.4, -0.2) is 27.0 Å². The van der Waals surface area contributed by atoms with Crippen molar-refractivity contribution in [3.8, 4) is 0 Å². The first-order valence-corrected chi connectivity index (χ1v) is 6.99. The highest BCUT2D eigenvalue weighted by Gasteiger charge is 2.11. The maximum atomic E-state index is 11.9. The quantitative estimate of drug-likeness (QED) is 0.657. The number of nitro benzene ring substituents is 1. The number of nitrogens with one attached hydrogen (secondary N) is 1. The molecule has 0 heterocycles. The molecule has 0 spiro atoms. The zero-order chi connectivity index (χ0) is 13.8. The summed E-state index contributed by atoms with van der Waals surface area (Å²) in [7, 11) is -1.12. The second-order valence-corrected chi connectivity index (χ2v) is 6.55. The molecule has 0 saturated heterocycles. The molecule has 1 unspecified atom stereocenters. The molecule has 0 amide bonds. The second-order valence-electron chi connectivity index (χ2n) is 4.98. The van der Waals surface area contributed by atoms with Crippen LogP contribution in [0.4, 0.5) is 5.69 Å². The van der Waals surface area contributed by atoms with Crippen LogP contribution in [0.2, 0.25) is 0 Å². The molecule has 0 aliphatic heterocycles. The number of non-ortho nitro benzene ring substituents is 1. The van der Waals surface area contributed by atoms with Crippen LogP contribution in [0.3, 0.4) is 0 Å². The monoisotopic (exact) mass is 270 g/mol. The van der Waals surface area contributed by atoms with Crippen molar-refractivity contribution in [2.75, 3.05) is 12.3 Å². The molecule has 0 bridgehead atoms. The summed E-state index contributed by atoms with van der Waals surface area (Å²) >= 11 is 0. The van der Waals surface area contributed by atoms with Crippen LogP contribution in [0.5, 0.6) is 0 Å². The Morgan fingerprint density at radius 2 is 1.83 bits per heavy atom. The predicted molar refractivity (Wildman–Crippen MR) is 72.1 cm³/mol. The normalized spacial score (nSPS) is 13.3. The maximum absolute atomic E-state index is 11.9. The van der Waals surface area contributed by atoms with E-state index in [-0.39, 0.29) is 11.2 Å². The molecule has 1 rings (SSSR count). The third kappa shape index (κ3) is 4.93. The summed E-state index contributed by atoms with van der Waals surface area (Å²) in [6, 6.07) is 5.85. The number of nitro groups is 1. The van der Waals surface area contributed by atoms with Crippen molar-refractivity contribution in [3.63, 3.8) is 0 Å². The van der Waals surface area contributed by atoms with Gasteiger partial charge in [0.25, 0.3) is 5.69 Å². The van der Waals surface area contributed by atoms with Crippen LogP contribution < -0.4 is 5.32 Å². The van der Waals surface area contributed by atoms with Gasteiger partial charge in [-0.25, -0.2) is 0 Å². The van der Waals surface area contributed by atoms with E-state index in [1.807, 2.05) is 20.8 Å². The van der Waals surface area contributed by atoms with E-state index in [2.05, 4.69) is 5.32 Å². The van der Waals surface area contributed by atoms with Crippen LogP contribution in [0.1, 0.15) is 20.8 Å². The Morgan fingerprint density at radius 3 is 2.28 bits per heavy atom. The highest BCUT2D eigenvalue weighted by atomic mass is 32.2. The van der Waals surface area contributed by atoms with E-state index in [0.29, 0.717) is 17.2 Å². The lowest BCUT2D eigenvalue weighted by atomic mass is 10.1. The highest BCUT2D eigenvalue weighted by molar-refractivity contribution is 7.85. The van der Waals surface area contributed by atoms with Gasteiger partial charge in [-0.15, -0.1) is 0 Å². The van der Waals surface area contributed by atoms with Crippen molar-refractivity contribution in [1.29, 1.82) is 0 Å². The SMILES string of the molecule is CC(C)(C)NCCS(=O)c1ccc([N+](=O)[O-])cc1. The molecule has 0 saturated carbocycles. The fourth-order valence-electron chi connectivity index (χ4n) is 1.36. The number of rotatable bonds is 5. The average Bonchev–Trinajstić information content (AvgIpc) is 2.27. The third-order valence-electron chi connectivity index (χ3n) is 2.25. The molecular formula is C12H18N2O3S. The first-order chi connectivity index (χ1) is 8.29. The molecule has 1 atom stereocenters. The van der Waals surface area contributed by atoms with Crippen LogP contribution in [0.15, 0.2) is 29.2 Å². The number of hydrogen-bond acceptors (Lipinski definition) is 4. The van der Waals surface area contributed by atoms with Gasteiger partial charge in [-0.05, 0) is 32.9 Å². The molecule has 0 aliphatic rings. The van der Waals surface area contributed by atoms with Crippen molar-refractivity contribution in [2.24, 2.45) is 0 Å². The molecule has 0 radical (unpaired) electrons. The molecule has 5 nitrogen and oxygen atoms in total. The largest absolute Gasteiger partial charge is 0.311 e. The lowest BCUT2D eigenvalue weighted by molar-refractivity contribution is -0.384. The van der Waals surface area contributed by atoms with Crippen molar-refractivity contribution in [3.05, 3.63) is 34.4 Å². The summed E-state index contributed by atoms with van der Waals surface area (Å²) in [6.45, 7) is 6.78. The Labute approximate surface area is 109 Å². The lowest BCUT2D eigenvalue weighted by Crippen LogP contribution is -2.38. The zero-order valence-electron chi connectivity index (χ0n) is 10.8. The van der Waals surface area contributed by atoms with Crippen molar-refractivity contribution in [2.45, 2.75) is 31.2 Å². The minimum Gasteiger partial charge on any atom is -0.311 e. The summed E-state index contributed by atoms with van der Waals surface area (Å²) < 4.78 is 11.9.